The number of hydrogen-bond donors (Lipinski definition) is 1. The van der Waals surface area contributed by atoms with Crippen molar-refractivity contribution in [3.63, 3.8) is 0 Å². The van der Waals surface area contributed by atoms with Gasteiger partial charge in [-0.05, 0) is 62.2 Å². The molecule has 1 saturated heterocycles. The van der Waals surface area contributed by atoms with E-state index in [0.717, 1.165) is 11.1 Å². The largest absolute Gasteiger partial charge is 0.444 e. The second-order valence-corrected chi connectivity index (χ2v) is 17.3. The van der Waals surface area contributed by atoms with Crippen LogP contribution < -0.4 is 10.2 Å². The average Bonchev–Trinajstić information content (AvgIpc) is 3.38. The Morgan fingerprint density at radius 3 is 2.29 bits per heavy atom. The van der Waals surface area contributed by atoms with E-state index >= 15 is 0 Å². The summed E-state index contributed by atoms with van der Waals surface area (Å²) in [5, 5.41) is 2.74. The molecule has 3 amide bonds. The van der Waals surface area contributed by atoms with Gasteiger partial charge in [0.2, 0.25) is 5.91 Å². The molecule has 1 aromatic rings. The molecule has 0 unspecified atom stereocenters. The van der Waals surface area contributed by atoms with E-state index in [2.05, 4.69) is 45.3 Å². The lowest BCUT2D eigenvalue weighted by molar-refractivity contribution is -0.119. The topological polar surface area (TPSA) is 97.4 Å². The third kappa shape index (κ3) is 7.38. The first kappa shape index (κ1) is 29.7. The molecule has 2 aliphatic heterocycles. The highest BCUT2D eigenvalue weighted by Crippen LogP contribution is 2.37. The van der Waals surface area contributed by atoms with Crippen molar-refractivity contribution >= 4 is 37.7 Å². The lowest BCUT2D eigenvalue weighted by atomic mass is 10.1. The number of benzene rings is 1. The van der Waals surface area contributed by atoms with Gasteiger partial charge in [0, 0.05) is 12.6 Å². The first-order valence-electron chi connectivity index (χ1n) is 13.1. The first-order valence-corrected chi connectivity index (χ1v) is 16.0. The highest BCUT2D eigenvalue weighted by atomic mass is 28.4. The van der Waals surface area contributed by atoms with Crippen LogP contribution in [0.5, 0.6) is 0 Å². The zero-order valence-electron chi connectivity index (χ0n) is 24.2. The van der Waals surface area contributed by atoms with Crippen molar-refractivity contribution < 1.29 is 28.3 Å². The molecular formula is C28H43N3O6Si. The van der Waals surface area contributed by atoms with E-state index in [-0.39, 0.29) is 29.6 Å². The number of hydrogen-bond acceptors (Lipinski definition) is 6. The van der Waals surface area contributed by atoms with Gasteiger partial charge in [-0.3, -0.25) is 14.6 Å². The van der Waals surface area contributed by atoms with Crippen molar-refractivity contribution in [1.29, 1.82) is 0 Å². The van der Waals surface area contributed by atoms with Gasteiger partial charge >= 0.3 is 12.2 Å². The zero-order valence-corrected chi connectivity index (χ0v) is 25.2. The number of carbonyl (C=O) groups is 3. The Kier molecular flexibility index (Phi) is 8.67. The van der Waals surface area contributed by atoms with Crippen molar-refractivity contribution in [2.24, 2.45) is 0 Å². The first-order chi connectivity index (χ1) is 17.5. The van der Waals surface area contributed by atoms with Gasteiger partial charge in [-0.2, -0.15) is 0 Å². The third-order valence-electron chi connectivity index (χ3n) is 7.19. The van der Waals surface area contributed by atoms with Crippen LogP contribution >= 0.6 is 0 Å². The van der Waals surface area contributed by atoms with E-state index in [4.69, 9.17) is 13.9 Å². The van der Waals surface area contributed by atoms with Crippen molar-refractivity contribution in [2.45, 2.75) is 84.3 Å². The van der Waals surface area contributed by atoms with E-state index in [9.17, 15) is 14.4 Å². The number of nitrogens with one attached hydrogen (secondary N) is 1. The fraction of sp³-hybridized carbons (Fsp3) is 0.607. The van der Waals surface area contributed by atoms with E-state index < -0.39 is 26.1 Å². The molecular weight excluding hydrogens is 502 g/mol. The van der Waals surface area contributed by atoms with Crippen LogP contribution in [-0.4, -0.2) is 75.3 Å². The van der Waals surface area contributed by atoms with E-state index in [0.29, 0.717) is 25.4 Å². The summed E-state index contributed by atoms with van der Waals surface area (Å²) in [5.41, 5.74) is 2.07. The lowest BCUT2D eigenvalue weighted by Gasteiger charge is -2.38. The summed E-state index contributed by atoms with van der Waals surface area (Å²) >= 11 is 0. The zero-order chi connectivity index (χ0) is 28.5. The Labute approximate surface area is 227 Å². The fourth-order valence-electron chi connectivity index (χ4n) is 3.98. The number of cyclic esters (lactones) is 1. The van der Waals surface area contributed by atoms with Crippen LogP contribution in [0, 0.1) is 0 Å². The summed E-state index contributed by atoms with van der Waals surface area (Å²) in [5.74, 6) is -0.165. The van der Waals surface area contributed by atoms with Crippen LogP contribution in [-0.2, 0) is 18.7 Å². The molecule has 2 aliphatic rings. The minimum absolute atomic E-state index is 0.0581. The molecule has 1 N–H and O–H groups in total. The number of carbonyl (C=O) groups excluding carboxylic acids is 3. The Bertz CT molecular complexity index is 1070. The molecule has 2 atom stereocenters. The number of ether oxygens (including phenoxy) is 2. The van der Waals surface area contributed by atoms with Crippen LogP contribution in [0.1, 0.15) is 54.0 Å². The summed E-state index contributed by atoms with van der Waals surface area (Å²) in [4.78, 5) is 39.9. The fourth-order valence-corrected chi connectivity index (χ4v) is 5.00. The molecule has 2 heterocycles. The maximum absolute atomic E-state index is 13.1. The quantitative estimate of drug-likeness (QED) is 0.475. The smallest absolute Gasteiger partial charge is 0.414 e. The standard InChI is InChI=1S/C28H43N3O6Si/c1-19(32)29-15-24-17-31(25(33)36-24)22-12-10-20(11-13-22)21-14-23(18-35-38(8,9)28(5,6)7)30(16-21)26(34)37-27(2,3)4/h10-14,23-24H,15-18H2,1-9H3,(H,29,32)/t23-,24+/m1/s1. The number of amides is 3. The third-order valence-corrected chi connectivity index (χ3v) is 11.7. The summed E-state index contributed by atoms with van der Waals surface area (Å²) in [6.45, 7) is 19.5. The number of rotatable bonds is 7. The molecule has 0 radical (unpaired) electrons. The molecule has 9 nitrogen and oxygen atoms in total. The van der Waals surface area contributed by atoms with Gasteiger partial charge < -0.3 is 19.2 Å². The molecule has 1 fully saturated rings. The van der Waals surface area contributed by atoms with Crippen molar-refractivity contribution in [1.82, 2.24) is 10.2 Å². The molecule has 1 aromatic carbocycles. The predicted molar refractivity (Wildman–Crippen MR) is 151 cm³/mol. The predicted octanol–water partition coefficient (Wildman–Crippen LogP) is 5.17. The second-order valence-electron chi connectivity index (χ2n) is 12.5. The summed E-state index contributed by atoms with van der Waals surface area (Å²) in [6.07, 6.45) is 0.883. The Balaban J connectivity index is 1.76. The van der Waals surface area contributed by atoms with Gasteiger partial charge in [0.1, 0.15) is 11.7 Å². The van der Waals surface area contributed by atoms with Gasteiger partial charge in [-0.25, -0.2) is 9.59 Å². The highest BCUT2D eigenvalue weighted by Gasteiger charge is 2.40. The molecule has 210 valence electrons. The maximum atomic E-state index is 13.1. The summed E-state index contributed by atoms with van der Waals surface area (Å²) in [6, 6.07) is 7.39. The molecule has 38 heavy (non-hydrogen) atoms. The molecule has 0 aliphatic carbocycles. The normalized spacial score (nSPS) is 20.3. The maximum Gasteiger partial charge on any atom is 0.414 e. The Hall–Kier alpha value is -2.85. The monoisotopic (exact) mass is 545 g/mol. The molecule has 0 aromatic heterocycles. The SMILES string of the molecule is CC(=O)NC[C@H]1CN(c2ccc(C3=C[C@H](CO[Si](C)(C)C(C)(C)C)N(C(=O)OC(C)(C)C)C3)cc2)C(=O)O1. The van der Waals surface area contributed by atoms with Crippen LogP contribution in [0.25, 0.3) is 5.57 Å². The van der Waals surface area contributed by atoms with Gasteiger partial charge in [-0.1, -0.05) is 39.0 Å². The van der Waals surface area contributed by atoms with Crippen LogP contribution in [0.2, 0.25) is 18.1 Å². The average molecular weight is 546 g/mol. The van der Waals surface area contributed by atoms with Gasteiger partial charge in [0.15, 0.2) is 8.32 Å². The minimum atomic E-state index is -2.01. The molecule has 0 bridgehead atoms. The van der Waals surface area contributed by atoms with Gasteiger partial charge in [-0.15, -0.1) is 0 Å². The van der Waals surface area contributed by atoms with Crippen LogP contribution in [0.15, 0.2) is 30.3 Å². The van der Waals surface area contributed by atoms with Crippen molar-refractivity contribution in [3.8, 4) is 0 Å². The lowest BCUT2D eigenvalue weighted by Crippen LogP contribution is -2.47. The van der Waals surface area contributed by atoms with Crippen LogP contribution in [0.4, 0.5) is 15.3 Å². The van der Waals surface area contributed by atoms with E-state index in [1.54, 1.807) is 9.80 Å². The minimum Gasteiger partial charge on any atom is -0.444 e. The highest BCUT2D eigenvalue weighted by molar-refractivity contribution is 6.74. The second kappa shape index (κ2) is 11.1. The molecule has 3 rings (SSSR count). The van der Waals surface area contributed by atoms with Gasteiger partial charge in [0.05, 0.1) is 32.3 Å². The van der Waals surface area contributed by atoms with Crippen molar-refractivity contribution in [3.05, 3.63) is 35.9 Å². The summed E-state index contributed by atoms with van der Waals surface area (Å²) < 4.78 is 17.6. The Morgan fingerprint density at radius 2 is 1.74 bits per heavy atom. The number of anilines is 1. The van der Waals surface area contributed by atoms with Crippen molar-refractivity contribution in [2.75, 3.05) is 31.1 Å². The molecule has 0 saturated carbocycles. The molecule has 10 heteroatoms. The summed E-state index contributed by atoms with van der Waals surface area (Å²) in [7, 11) is -2.01. The van der Waals surface area contributed by atoms with E-state index in [1.807, 2.05) is 45.0 Å². The van der Waals surface area contributed by atoms with Crippen LogP contribution in [0.3, 0.4) is 0 Å². The van der Waals surface area contributed by atoms with Gasteiger partial charge in [0.25, 0.3) is 0 Å². The Morgan fingerprint density at radius 1 is 1.11 bits per heavy atom. The number of nitrogens with zero attached hydrogens (tertiary/aromatic N) is 2. The molecule has 0 spiro atoms. The van der Waals surface area contributed by atoms with E-state index in [1.165, 1.54) is 6.92 Å².